The van der Waals surface area contributed by atoms with Gasteiger partial charge in [0.05, 0.1) is 0 Å². The van der Waals surface area contributed by atoms with Gasteiger partial charge in [-0.2, -0.15) is 0 Å². The van der Waals surface area contributed by atoms with Gasteiger partial charge < -0.3 is 16.8 Å². The van der Waals surface area contributed by atoms with E-state index in [0.29, 0.717) is 6.04 Å². The molecule has 0 spiro atoms. The number of carbonyl (C=O) groups excluding carboxylic acids is 1. The number of hydrogen-bond acceptors (Lipinski definition) is 3. The fourth-order valence-corrected chi connectivity index (χ4v) is 0.739. The van der Waals surface area contributed by atoms with Gasteiger partial charge in [-0.15, -0.1) is 0 Å². The molecule has 0 aromatic carbocycles. The minimum atomic E-state index is 0.250. The number of nitrogens with two attached hydrogens (primary N) is 2. The summed E-state index contributed by atoms with van der Waals surface area (Å²) in [4.78, 5) is 8.58. The molecule has 0 radical (unpaired) electrons. The average Bonchev–Trinajstić information content (AvgIpc) is 2.06. The normalized spacial score (nSPS) is 11.2. The summed E-state index contributed by atoms with van der Waals surface area (Å²) in [7, 11) is 1.99. The number of carbonyl (C=O) groups is 1. The van der Waals surface area contributed by atoms with E-state index in [4.69, 9.17) is 10.5 Å². The third kappa shape index (κ3) is 16.2. The van der Waals surface area contributed by atoms with Gasteiger partial charge in [0.25, 0.3) is 0 Å². The van der Waals surface area contributed by atoms with Crippen molar-refractivity contribution in [3.05, 3.63) is 0 Å². The molecule has 0 bridgehead atoms. The molecule has 0 aliphatic carbocycles. The van der Waals surface area contributed by atoms with Gasteiger partial charge in [-0.25, -0.2) is 0 Å². The number of nitrogens with one attached hydrogen (secondary N) is 1. The second-order valence-electron chi connectivity index (χ2n) is 2.61. The minimum Gasteiger partial charge on any atom is -0.372 e. The van der Waals surface area contributed by atoms with Crippen molar-refractivity contribution in [1.82, 2.24) is 5.32 Å². The quantitative estimate of drug-likeness (QED) is 0.400. The Labute approximate surface area is 74.7 Å². The number of rotatable bonds is 5. The second-order valence-corrected chi connectivity index (χ2v) is 2.61. The Bertz CT molecular complexity index is 88.4. The van der Waals surface area contributed by atoms with Gasteiger partial charge in [-0.3, -0.25) is 4.79 Å². The molecule has 0 saturated heterocycles. The highest BCUT2D eigenvalue weighted by Gasteiger charge is 1.94. The first-order valence-electron chi connectivity index (χ1n) is 4.25. The van der Waals surface area contributed by atoms with Crippen LogP contribution in [0.5, 0.6) is 0 Å². The maximum absolute atomic E-state index is 8.58. The summed E-state index contributed by atoms with van der Waals surface area (Å²) in [5, 5.41) is 3.18. The topological polar surface area (TPSA) is 81.1 Å². The van der Waals surface area contributed by atoms with E-state index in [-0.39, 0.29) is 6.41 Å². The van der Waals surface area contributed by atoms with Gasteiger partial charge in [-0.05, 0) is 33.4 Å². The van der Waals surface area contributed by atoms with Crippen LogP contribution in [0.15, 0.2) is 0 Å². The zero-order chi connectivity index (χ0) is 9.82. The van der Waals surface area contributed by atoms with E-state index in [1.54, 1.807) is 0 Å². The van der Waals surface area contributed by atoms with E-state index in [0.717, 1.165) is 13.0 Å². The molecule has 0 saturated carbocycles. The monoisotopic (exact) mass is 175 g/mol. The summed E-state index contributed by atoms with van der Waals surface area (Å²) in [6.07, 6.45) is 3.90. The van der Waals surface area contributed by atoms with Gasteiger partial charge in [0, 0.05) is 6.04 Å². The summed E-state index contributed by atoms with van der Waals surface area (Å²) in [5.41, 5.74) is 9.50. The number of amides is 1. The fraction of sp³-hybridized carbons (Fsp3) is 0.875. The number of hydrogen-bond donors (Lipinski definition) is 3. The third-order valence-electron chi connectivity index (χ3n) is 1.58. The Morgan fingerprint density at radius 3 is 2.33 bits per heavy atom. The second kappa shape index (κ2) is 13.0. The lowest BCUT2D eigenvalue weighted by atomic mass is 10.1. The van der Waals surface area contributed by atoms with Crippen LogP contribution in [0.3, 0.4) is 0 Å². The van der Waals surface area contributed by atoms with Crippen molar-refractivity contribution < 1.29 is 4.79 Å². The van der Waals surface area contributed by atoms with Gasteiger partial charge in [0.2, 0.25) is 6.41 Å². The molecule has 0 aromatic heterocycles. The highest BCUT2D eigenvalue weighted by molar-refractivity contribution is 5.42. The third-order valence-corrected chi connectivity index (χ3v) is 1.58. The molecule has 0 fully saturated rings. The zero-order valence-corrected chi connectivity index (χ0v) is 8.05. The van der Waals surface area contributed by atoms with Crippen LogP contribution in [0.4, 0.5) is 0 Å². The van der Waals surface area contributed by atoms with Crippen molar-refractivity contribution in [2.45, 2.75) is 32.2 Å². The summed E-state index contributed by atoms with van der Waals surface area (Å²) in [5.74, 6) is 0. The van der Waals surface area contributed by atoms with Crippen molar-refractivity contribution in [3.63, 3.8) is 0 Å². The molecule has 1 unspecified atom stereocenters. The van der Waals surface area contributed by atoms with Crippen molar-refractivity contribution >= 4 is 6.41 Å². The van der Waals surface area contributed by atoms with E-state index in [2.05, 4.69) is 18.0 Å². The molecular weight excluding hydrogens is 154 g/mol. The molecule has 74 valence electrons. The lowest BCUT2D eigenvalue weighted by molar-refractivity contribution is -0.106. The van der Waals surface area contributed by atoms with E-state index < -0.39 is 0 Å². The molecule has 0 aromatic rings. The largest absolute Gasteiger partial charge is 0.372 e. The molecule has 4 heteroatoms. The molecule has 12 heavy (non-hydrogen) atoms. The van der Waals surface area contributed by atoms with Crippen molar-refractivity contribution in [2.75, 3.05) is 13.6 Å². The van der Waals surface area contributed by atoms with E-state index in [1.807, 2.05) is 7.05 Å². The van der Waals surface area contributed by atoms with Crippen LogP contribution in [0.1, 0.15) is 26.2 Å². The van der Waals surface area contributed by atoms with Crippen LogP contribution >= 0.6 is 0 Å². The molecular formula is C8H21N3O. The van der Waals surface area contributed by atoms with Gasteiger partial charge in [-0.1, -0.05) is 6.42 Å². The van der Waals surface area contributed by atoms with Crippen molar-refractivity contribution in [1.29, 1.82) is 0 Å². The fourth-order valence-electron chi connectivity index (χ4n) is 0.739. The summed E-state index contributed by atoms with van der Waals surface area (Å²) in [6, 6.07) is 0.650. The average molecular weight is 175 g/mol. The zero-order valence-electron chi connectivity index (χ0n) is 8.05. The highest BCUT2D eigenvalue weighted by Crippen LogP contribution is 1.97. The summed E-state index contributed by atoms with van der Waals surface area (Å²) >= 11 is 0. The molecule has 4 nitrogen and oxygen atoms in total. The molecule has 0 heterocycles. The van der Waals surface area contributed by atoms with Gasteiger partial charge >= 0.3 is 0 Å². The van der Waals surface area contributed by atoms with Crippen LogP contribution in [-0.4, -0.2) is 26.0 Å². The first kappa shape index (κ1) is 13.9. The van der Waals surface area contributed by atoms with Crippen molar-refractivity contribution in [3.8, 4) is 0 Å². The number of unbranched alkanes of at least 4 members (excludes halogenated alkanes) is 1. The summed E-state index contributed by atoms with van der Waals surface area (Å²) < 4.78 is 0. The van der Waals surface area contributed by atoms with E-state index in [1.165, 1.54) is 12.8 Å². The number of primary amides is 1. The van der Waals surface area contributed by atoms with E-state index in [9.17, 15) is 0 Å². The lowest BCUT2D eigenvalue weighted by Gasteiger charge is -2.07. The van der Waals surface area contributed by atoms with Gasteiger partial charge in [0.1, 0.15) is 0 Å². The first-order valence-corrected chi connectivity index (χ1v) is 4.25. The standard InChI is InChI=1S/C7H18N2.CH3NO/c1-7(9-2)5-3-4-6-8;2-1-3/h7,9H,3-6,8H2,1-2H3;1H,(H2,2,3). The molecule has 1 amide bonds. The van der Waals surface area contributed by atoms with Crippen LogP contribution in [0.2, 0.25) is 0 Å². The molecule has 0 aliphatic heterocycles. The molecule has 0 aliphatic rings. The van der Waals surface area contributed by atoms with Crippen LogP contribution in [0, 0.1) is 0 Å². The highest BCUT2D eigenvalue weighted by atomic mass is 16.1. The Morgan fingerprint density at radius 1 is 1.50 bits per heavy atom. The maximum Gasteiger partial charge on any atom is 0.204 e. The Morgan fingerprint density at radius 2 is 2.00 bits per heavy atom. The maximum atomic E-state index is 8.58. The minimum absolute atomic E-state index is 0.250. The van der Waals surface area contributed by atoms with Crippen LogP contribution in [-0.2, 0) is 4.79 Å². The molecule has 1 atom stereocenters. The first-order chi connectivity index (χ1) is 5.72. The summed E-state index contributed by atoms with van der Waals surface area (Å²) in [6.45, 7) is 3.02. The van der Waals surface area contributed by atoms with E-state index >= 15 is 0 Å². The van der Waals surface area contributed by atoms with Crippen LogP contribution < -0.4 is 16.8 Å². The van der Waals surface area contributed by atoms with Gasteiger partial charge in [0.15, 0.2) is 0 Å². The smallest absolute Gasteiger partial charge is 0.204 e. The van der Waals surface area contributed by atoms with Crippen LogP contribution in [0.25, 0.3) is 0 Å². The Kier molecular flexibility index (Phi) is 15.1. The molecule has 0 rings (SSSR count). The lowest BCUT2D eigenvalue weighted by Crippen LogP contribution is -2.20. The molecule has 5 N–H and O–H groups in total. The predicted octanol–water partition coefficient (Wildman–Crippen LogP) is -0.175. The van der Waals surface area contributed by atoms with Crippen molar-refractivity contribution in [2.24, 2.45) is 11.5 Å². The predicted molar refractivity (Wildman–Crippen MR) is 51.7 cm³/mol. The SMILES string of the molecule is CNC(C)CCCCN.NC=O. The Balaban J connectivity index is 0. The Hall–Kier alpha value is -0.610.